The molecule has 14 aromatic carbocycles. The minimum Gasteiger partial charge on any atom is -0.311 e. The fourth-order valence-corrected chi connectivity index (χ4v) is 11.8. The van der Waals surface area contributed by atoms with Gasteiger partial charge in [-0.05, 0) is 201 Å². The maximum Gasteiger partial charge on any atom is 0.0462 e. The van der Waals surface area contributed by atoms with Crippen molar-refractivity contribution in [3.05, 3.63) is 376 Å². The molecule has 0 amide bonds. The molecule has 0 heterocycles. The van der Waals surface area contributed by atoms with Gasteiger partial charge in [0.2, 0.25) is 0 Å². The number of benzene rings is 14. The molecule has 0 saturated heterocycles. The van der Waals surface area contributed by atoms with Crippen molar-refractivity contribution in [3.8, 4) is 55.6 Å². The minimum atomic E-state index is 1.08. The van der Waals surface area contributed by atoms with Crippen LogP contribution in [0.3, 0.4) is 0 Å². The van der Waals surface area contributed by atoms with Gasteiger partial charge in [0.1, 0.15) is 0 Å². The van der Waals surface area contributed by atoms with Crippen LogP contribution in [0.2, 0.25) is 0 Å². The van der Waals surface area contributed by atoms with E-state index in [2.05, 4.69) is 396 Å². The standard InChI is InChI=1S/C84H62N4/c1-7-19-73(20-8-1)85(74-21-9-2-10-22-74)79-51-39-67(40-52-79)63-31-35-65(36-32-63)69-43-55-81(56-44-69)87(77-27-15-5-16-28-77)83-59-47-71(48-60-83)72-49-61-84(62-50-72)88(78-29-17-6-18-30-78)82-57-45-70(46-58-82)66-37-33-64(34-38-66)68-41-53-80(54-42-68)86(75-23-11-3-12-24-75)76-25-13-4-14-26-76/h1-62H. The molecular formula is C84H62N4. The monoisotopic (exact) mass is 1130 g/mol. The summed E-state index contributed by atoms with van der Waals surface area (Å²) >= 11 is 0. The summed E-state index contributed by atoms with van der Waals surface area (Å²) in [5, 5.41) is 0. The first-order chi connectivity index (χ1) is 43.6. The summed E-state index contributed by atoms with van der Waals surface area (Å²) in [7, 11) is 0. The third-order valence-corrected chi connectivity index (χ3v) is 16.3. The predicted molar refractivity (Wildman–Crippen MR) is 372 cm³/mol. The molecule has 0 spiro atoms. The maximum atomic E-state index is 2.32. The van der Waals surface area contributed by atoms with Gasteiger partial charge in [0.25, 0.3) is 0 Å². The third kappa shape index (κ3) is 11.7. The summed E-state index contributed by atoms with van der Waals surface area (Å²) in [4.78, 5) is 9.23. The van der Waals surface area contributed by atoms with Crippen LogP contribution in [-0.2, 0) is 0 Å². The minimum absolute atomic E-state index is 1.08. The van der Waals surface area contributed by atoms with Crippen LogP contribution in [0.1, 0.15) is 0 Å². The fourth-order valence-electron chi connectivity index (χ4n) is 11.8. The molecule has 0 saturated carbocycles. The largest absolute Gasteiger partial charge is 0.311 e. The molecule has 0 bridgehead atoms. The van der Waals surface area contributed by atoms with Gasteiger partial charge < -0.3 is 19.6 Å². The van der Waals surface area contributed by atoms with E-state index in [-0.39, 0.29) is 0 Å². The van der Waals surface area contributed by atoms with Gasteiger partial charge in [-0.1, -0.05) is 231 Å². The Hall–Kier alpha value is -11.7. The average molecular weight is 1130 g/mol. The molecule has 0 radical (unpaired) electrons. The molecule has 4 nitrogen and oxygen atoms in total. The Morgan fingerprint density at radius 2 is 0.182 bits per heavy atom. The quantitative estimate of drug-likeness (QED) is 0.0901. The van der Waals surface area contributed by atoms with Crippen molar-refractivity contribution in [2.75, 3.05) is 19.6 Å². The van der Waals surface area contributed by atoms with Crippen LogP contribution in [-0.4, -0.2) is 0 Å². The summed E-state index contributed by atoms with van der Waals surface area (Å²) in [6, 6.07) is 135. The molecule has 14 rings (SSSR count). The zero-order valence-corrected chi connectivity index (χ0v) is 48.6. The number of nitrogens with zero attached hydrogens (tertiary/aromatic N) is 4. The third-order valence-electron chi connectivity index (χ3n) is 16.3. The first kappa shape index (κ1) is 54.2. The molecule has 0 fully saturated rings. The summed E-state index contributed by atoms with van der Waals surface area (Å²) in [6.45, 7) is 0. The van der Waals surface area contributed by atoms with Crippen molar-refractivity contribution in [2.45, 2.75) is 0 Å². The second-order valence-electron chi connectivity index (χ2n) is 21.8. The van der Waals surface area contributed by atoms with Crippen molar-refractivity contribution < 1.29 is 0 Å². The molecule has 0 aliphatic rings. The van der Waals surface area contributed by atoms with Crippen LogP contribution in [0.25, 0.3) is 55.6 Å². The van der Waals surface area contributed by atoms with Crippen LogP contribution < -0.4 is 19.6 Å². The van der Waals surface area contributed by atoms with Gasteiger partial charge in [-0.25, -0.2) is 0 Å². The SMILES string of the molecule is c1ccc(N(c2ccccc2)c2ccc(-c3ccc(-c4ccc(N(c5ccccc5)c5ccc(-c6ccc(N(c7ccccc7)c7ccc(-c8ccc(-c9ccc(N(c%10ccccc%10)c%10ccccc%10)cc9)cc8)cc7)cc6)cc5)cc4)cc3)cc2)cc1. The first-order valence-corrected chi connectivity index (χ1v) is 30.0. The van der Waals surface area contributed by atoms with E-state index in [4.69, 9.17) is 0 Å². The summed E-state index contributed by atoms with van der Waals surface area (Å²) in [6.07, 6.45) is 0. The van der Waals surface area contributed by atoms with E-state index < -0.39 is 0 Å². The molecule has 88 heavy (non-hydrogen) atoms. The Morgan fingerprint density at radius 3 is 0.295 bits per heavy atom. The number of rotatable bonds is 17. The smallest absolute Gasteiger partial charge is 0.0462 e. The number of anilines is 12. The van der Waals surface area contributed by atoms with Crippen LogP contribution in [0.5, 0.6) is 0 Å². The molecule has 0 aliphatic heterocycles. The van der Waals surface area contributed by atoms with Crippen molar-refractivity contribution in [1.29, 1.82) is 0 Å². The molecular weight excluding hydrogens is 1060 g/mol. The van der Waals surface area contributed by atoms with E-state index in [9.17, 15) is 0 Å². The van der Waals surface area contributed by atoms with Crippen LogP contribution >= 0.6 is 0 Å². The van der Waals surface area contributed by atoms with Gasteiger partial charge in [0.05, 0.1) is 0 Å². The normalized spacial score (nSPS) is 11.0. The Balaban J connectivity index is 0.658. The Bertz CT molecular complexity index is 4120. The van der Waals surface area contributed by atoms with Crippen LogP contribution in [0.4, 0.5) is 68.2 Å². The van der Waals surface area contributed by atoms with Crippen molar-refractivity contribution in [2.24, 2.45) is 0 Å². The lowest BCUT2D eigenvalue weighted by atomic mass is 9.99. The van der Waals surface area contributed by atoms with Gasteiger partial charge >= 0.3 is 0 Å². The van der Waals surface area contributed by atoms with E-state index in [1.165, 1.54) is 33.4 Å². The molecule has 14 aromatic rings. The molecule has 0 unspecified atom stereocenters. The Morgan fingerprint density at radius 1 is 0.0909 bits per heavy atom. The van der Waals surface area contributed by atoms with Gasteiger partial charge in [-0.15, -0.1) is 0 Å². The Kier molecular flexibility index (Phi) is 15.6. The highest BCUT2D eigenvalue weighted by Crippen LogP contribution is 2.42. The maximum absolute atomic E-state index is 2.32. The van der Waals surface area contributed by atoms with E-state index in [1.54, 1.807) is 0 Å². The second-order valence-corrected chi connectivity index (χ2v) is 21.8. The lowest BCUT2D eigenvalue weighted by molar-refractivity contribution is 1.28. The molecule has 418 valence electrons. The van der Waals surface area contributed by atoms with Gasteiger partial charge in [-0.2, -0.15) is 0 Å². The second kappa shape index (κ2) is 25.2. The summed E-state index contributed by atoms with van der Waals surface area (Å²) < 4.78 is 0. The molecule has 4 heteroatoms. The van der Waals surface area contributed by atoms with E-state index >= 15 is 0 Å². The average Bonchev–Trinajstić information content (AvgIpc) is 3.78. The fraction of sp³-hybridized carbons (Fsp3) is 0. The number of para-hydroxylation sites is 6. The summed E-state index contributed by atoms with van der Waals surface area (Å²) in [5.41, 5.74) is 24.9. The van der Waals surface area contributed by atoms with Crippen LogP contribution in [0, 0.1) is 0 Å². The lowest BCUT2D eigenvalue weighted by Gasteiger charge is -2.26. The van der Waals surface area contributed by atoms with E-state index in [0.29, 0.717) is 0 Å². The Labute approximate surface area is 516 Å². The van der Waals surface area contributed by atoms with Gasteiger partial charge in [-0.3, -0.25) is 0 Å². The zero-order valence-electron chi connectivity index (χ0n) is 48.6. The predicted octanol–water partition coefficient (Wildman–Crippen LogP) is 23.9. The van der Waals surface area contributed by atoms with E-state index in [1.807, 2.05) is 0 Å². The molecule has 0 aromatic heterocycles. The van der Waals surface area contributed by atoms with Crippen molar-refractivity contribution in [1.82, 2.24) is 0 Å². The number of hydrogen-bond acceptors (Lipinski definition) is 4. The topological polar surface area (TPSA) is 13.0 Å². The highest BCUT2D eigenvalue weighted by atomic mass is 15.2. The van der Waals surface area contributed by atoms with E-state index in [0.717, 1.165) is 90.5 Å². The van der Waals surface area contributed by atoms with Crippen LogP contribution in [0.15, 0.2) is 376 Å². The summed E-state index contributed by atoms with van der Waals surface area (Å²) in [5.74, 6) is 0. The number of hydrogen-bond donors (Lipinski definition) is 0. The van der Waals surface area contributed by atoms with Gasteiger partial charge in [0, 0.05) is 68.2 Å². The van der Waals surface area contributed by atoms with Crippen molar-refractivity contribution in [3.63, 3.8) is 0 Å². The highest BCUT2D eigenvalue weighted by Gasteiger charge is 2.18. The zero-order chi connectivity index (χ0) is 58.9. The molecule has 0 N–H and O–H groups in total. The molecule has 0 atom stereocenters. The molecule has 0 aliphatic carbocycles. The lowest BCUT2D eigenvalue weighted by Crippen LogP contribution is -2.10. The first-order valence-electron chi connectivity index (χ1n) is 30.0. The van der Waals surface area contributed by atoms with Crippen molar-refractivity contribution >= 4 is 68.2 Å². The van der Waals surface area contributed by atoms with Gasteiger partial charge in [0.15, 0.2) is 0 Å². The highest BCUT2D eigenvalue weighted by molar-refractivity contribution is 5.85.